The van der Waals surface area contributed by atoms with Gasteiger partial charge in [0.1, 0.15) is 0 Å². The Labute approximate surface area is 171 Å². The van der Waals surface area contributed by atoms with Crippen LogP contribution in [0.25, 0.3) is 21.7 Å². The molecule has 1 atom stereocenters. The third kappa shape index (κ3) is 4.54. The Bertz CT molecular complexity index is 1070. The Morgan fingerprint density at radius 2 is 2.00 bits per heavy atom. The number of nitrogens with one attached hydrogen (secondary N) is 2. The van der Waals surface area contributed by atoms with Gasteiger partial charge in [-0.15, -0.1) is 0 Å². The predicted molar refractivity (Wildman–Crippen MR) is 119 cm³/mol. The van der Waals surface area contributed by atoms with Crippen LogP contribution in [0.2, 0.25) is 5.02 Å². The molecule has 0 aliphatic heterocycles. The topological polar surface area (TPSA) is 40.7 Å². The molecule has 4 aromatic rings. The number of hydrogen-bond acceptors (Lipinski definition) is 2. The van der Waals surface area contributed by atoms with Crippen molar-refractivity contribution in [2.75, 3.05) is 0 Å². The molecule has 2 aromatic heterocycles. The molecule has 0 saturated carbocycles. The molecule has 0 unspecified atom stereocenters. The summed E-state index contributed by atoms with van der Waals surface area (Å²) in [4.78, 5) is 7.52. The zero-order valence-electron chi connectivity index (χ0n) is 16.2. The molecular formula is C24H26ClN3. The number of benzene rings is 2. The Morgan fingerprint density at radius 3 is 2.93 bits per heavy atom. The lowest BCUT2D eigenvalue weighted by Gasteiger charge is -2.14. The van der Waals surface area contributed by atoms with Gasteiger partial charge in [0.2, 0.25) is 0 Å². The smallest absolute Gasteiger partial charge is 0.0457 e. The minimum Gasteiger partial charge on any atom is -0.361 e. The average molecular weight is 392 g/mol. The molecule has 0 radical (unpaired) electrons. The molecule has 4 rings (SSSR count). The first-order valence-corrected chi connectivity index (χ1v) is 10.4. The van der Waals surface area contributed by atoms with E-state index in [1.54, 1.807) is 0 Å². The zero-order chi connectivity index (χ0) is 19.3. The fourth-order valence-corrected chi connectivity index (χ4v) is 3.93. The van der Waals surface area contributed by atoms with Gasteiger partial charge in [-0.2, -0.15) is 0 Å². The monoisotopic (exact) mass is 391 g/mol. The number of hydrogen-bond donors (Lipinski definition) is 2. The Balaban J connectivity index is 1.23. The van der Waals surface area contributed by atoms with E-state index in [1.807, 2.05) is 18.5 Å². The number of halogens is 1. The first-order chi connectivity index (χ1) is 13.7. The van der Waals surface area contributed by atoms with Gasteiger partial charge in [-0.1, -0.05) is 30.2 Å². The van der Waals surface area contributed by atoms with Crippen LogP contribution in [0.3, 0.4) is 0 Å². The standard InChI is InChI=1S/C24H26ClN3/c1-17(27-14-18-6-7-20-15-26-11-10-19(20)12-18)4-2-3-5-21-16-28-24-9-8-22(25)13-23(21)24/h6-13,15-17,27-28H,2-5,14H2,1H3/t17-/m1/s1. The van der Waals surface area contributed by atoms with Crippen molar-refractivity contribution in [1.82, 2.24) is 15.3 Å². The largest absolute Gasteiger partial charge is 0.361 e. The molecule has 4 heteroatoms. The molecule has 144 valence electrons. The molecule has 0 fully saturated rings. The van der Waals surface area contributed by atoms with Crippen molar-refractivity contribution in [1.29, 1.82) is 0 Å². The maximum Gasteiger partial charge on any atom is 0.0457 e. The minimum absolute atomic E-state index is 0.505. The Kier molecular flexibility index (Phi) is 5.94. The molecule has 2 N–H and O–H groups in total. The Morgan fingerprint density at radius 1 is 1.07 bits per heavy atom. The maximum atomic E-state index is 6.14. The first kappa shape index (κ1) is 19.0. The summed E-state index contributed by atoms with van der Waals surface area (Å²) in [6.45, 7) is 3.18. The summed E-state index contributed by atoms with van der Waals surface area (Å²) in [5, 5.41) is 8.16. The van der Waals surface area contributed by atoms with Gasteiger partial charge in [-0.25, -0.2) is 0 Å². The number of unbranched alkanes of at least 4 members (excludes halogenated alkanes) is 1. The van der Waals surface area contributed by atoms with Crippen molar-refractivity contribution in [3.05, 3.63) is 77.2 Å². The Hall–Kier alpha value is -2.36. The molecule has 3 nitrogen and oxygen atoms in total. The lowest BCUT2D eigenvalue weighted by molar-refractivity contribution is 0.489. The van der Waals surface area contributed by atoms with Crippen LogP contribution in [0.1, 0.15) is 37.3 Å². The third-order valence-electron chi connectivity index (χ3n) is 5.42. The van der Waals surface area contributed by atoms with E-state index in [9.17, 15) is 0 Å². The van der Waals surface area contributed by atoms with Gasteiger partial charge in [0.15, 0.2) is 0 Å². The van der Waals surface area contributed by atoms with Crippen LogP contribution < -0.4 is 5.32 Å². The highest BCUT2D eigenvalue weighted by Gasteiger charge is 2.06. The molecule has 0 saturated heterocycles. The third-order valence-corrected chi connectivity index (χ3v) is 5.66. The quantitative estimate of drug-likeness (QED) is 0.348. The highest BCUT2D eigenvalue weighted by Crippen LogP contribution is 2.24. The number of fused-ring (bicyclic) bond motifs is 2. The number of pyridine rings is 1. The van der Waals surface area contributed by atoms with Crippen molar-refractivity contribution in [2.45, 2.75) is 45.2 Å². The lowest BCUT2D eigenvalue weighted by Crippen LogP contribution is -2.25. The summed E-state index contributed by atoms with van der Waals surface area (Å²) in [6.07, 6.45) is 10.6. The second-order valence-corrected chi connectivity index (χ2v) is 8.03. The summed E-state index contributed by atoms with van der Waals surface area (Å²) < 4.78 is 0. The molecule has 0 bridgehead atoms. The minimum atomic E-state index is 0.505. The second kappa shape index (κ2) is 8.76. The molecule has 0 amide bonds. The average Bonchev–Trinajstić information content (AvgIpc) is 3.11. The van der Waals surface area contributed by atoms with Gasteiger partial charge in [-0.05, 0) is 73.0 Å². The number of H-pyrrole nitrogens is 1. The molecule has 0 aliphatic rings. The fourth-order valence-electron chi connectivity index (χ4n) is 3.76. The van der Waals surface area contributed by atoms with E-state index in [0.717, 1.165) is 18.0 Å². The van der Waals surface area contributed by atoms with E-state index >= 15 is 0 Å². The van der Waals surface area contributed by atoms with Crippen molar-refractivity contribution < 1.29 is 0 Å². The SMILES string of the molecule is C[C@H](CCCCc1c[nH]c2ccc(Cl)cc12)NCc1ccc2cnccc2c1. The van der Waals surface area contributed by atoms with Crippen molar-refractivity contribution >= 4 is 33.3 Å². The maximum absolute atomic E-state index is 6.14. The summed E-state index contributed by atoms with van der Waals surface area (Å²) in [6, 6.07) is 15.2. The van der Waals surface area contributed by atoms with Crippen LogP contribution in [-0.2, 0) is 13.0 Å². The number of nitrogens with zero attached hydrogens (tertiary/aromatic N) is 1. The van der Waals surface area contributed by atoms with Gasteiger partial charge in [0.05, 0.1) is 0 Å². The fraction of sp³-hybridized carbons (Fsp3) is 0.292. The second-order valence-electron chi connectivity index (χ2n) is 7.59. The number of aryl methyl sites for hydroxylation is 1. The van der Waals surface area contributed by atoms with E-state index in [2.05, 4.69) is 64.8 Å². The van der Waals surface area contributed by atoms with Crippen molar-refractivity contribution in [3.8, 4) is 0 Å². The molecule has 28 heavy (non-hydrogen) atoms. The van der Waals surface area contributed by atoms with E-state index in [1.165, 1.54) is 52.1 Å². The van der Waals surface area contributed by atoms with Crippen LogP contribution in [0.15, 0.2) is 61.1 Å². The molecular weight excluding hydrogens is 366 g/mol. The van der Waals surface area contributed by atoms with E-state index in [-0.39, 0.29) is 0 Å². The van der Waals surface area contributed by atoms with Gasteiger partial charge < -0.3 is 10.3 Å². The van der Waals surface area contributed by atoms with Crippen LogP contribution in [0, 0.1) is 0 Å². The zero-order valence-corrected chi connectivity index (χ0v) is 17.0. The highest BCUT2D eigenvalue weighted by molar-refractivity contribution is 6.31. The van der Waals surface area contributed by atoms with Crippen LogP contribution in [0.4, 0.5) is 0 Å². The van der Waals surface area contributed by atoms with E-state index in [0.29, 0.717) is 6.04 Å². The van der Waals surface area contributed by atoms with Crippen LogP contribution in [-0.4, -0.2) is 16.0 Å². The first-order valence-electron chi connectivity index (χ1n) is 10.0. The summed E-state index contributed by atoms with van der Waals surface area (Å²) in [5.41, 5.74) is 3.85. The summed E-state index contributed by atoms with van der Waals surface area (Å²) in [7, 11) is 0. The van der Waals surface area contributed by atoms with E-state index in [4.69, 9.17) is 11.6 Å². The molecule has 2 heterocycles. The van der Waals surface area contributed by atoms with Crippen LogP contribution in [0.5, 0.6) is 0 Å². The summed E-state index contributed by atoms with van der Waals surface area (Å²) >= 11 is 6.14. The van der Waals surface area contributed by atoms with Crippen LogP contribution >= 0.6 is 11.6 Å². The van der Waals surface area contributed by atoms with Gasteiger partial charge >= 0.3 is 0 Å². The molecule has 0 spiro atoms. The van der Waals surface area contributed by atoms with Crippen molar-refractivity contribution in [3.63, 3.8) is 0 Å². The van der Waals surface area contributed by atoms with Gasteiger partial charge in [-0.3, -0.25) is 4.98 Å². The summed E-state index contributed by atoms with van der Waals surface area (Å²) in [5.74, 6) is 0. The van der Waals surface area contributed by atoms with E-state index < -0.39 is 0 Å². The molecule has 0 aliphatic carbocycles. The highest BCUT2D eigenvalue weighted by atomic mass is 35.5. The number of aromatic amines is 1. The molecule has 2 aromatic carbocycles. The van der Waals surface area contributed by atoms with Crippen molar-refractivity contribution in [2.24, 2.45) is 0 Å². The predicted octanol–water partition coefficient (Wildman–Crippen LogP) is 6.26. The normalized spacial score (nSPS) is 12.6. The lowest BCUT2D eigenvalue weighted by atomic mass is 10.0. The number of aromatic nitrogens is 2. The van der Waals surface area contributed by atoms with Gasteiger partial charge in [0.25, 0.3) is 0 Å². The number of rotatable bonds is 8. The van der Waals surface area contributed by atoms with Gasteiger partial charge in [0, 0.05) is 52.5 Å².